The Morgan fingerprint density at radius 3 is 2.37 bits per heavy atom. The standard InChI is InChI=1S/C14H11BrClF2N/c15-11-7-6-10(13(17)12(11)16)14(18,8-19)9-4-2-1-3-5-9/h1-7H,8,19H2. The van der Waals surface area contributed by atoms with Crippen molar-refractivity contribution in [3.05, 3.63) is 68.9 Å². The Labute approximate surface area is 123 Å². The van der Waals surface area contributed by atoms with E-state index < -0.39 is 11.5 Å². The van der Waals surface area contributed by atoms with Crippen molar-refractivity contribution in [3.8, 4) is 0 Å². The fourth-order valence-electron chi connectivity index (χ4n) is 1.92. The maximum absolute atomic E-state index is 15.1. The summed E-state index contributed by atoms with van der Waals surface area (Å²) < 4.78 is 29.7. The highest BCUT2D eigenvalue weighted by atomic mass is 79.9. The molecule has 5 heteroatoms. The Balaban J connectivity index is 2.63. The van der Waals surface area contributed by atoms with E-state index in [-0.39, 0.29) is 17.1 Å². The largest absolute Gasteiger partial charge is 0.327 e. The lowest BCUT2D eigenvalue weighted by molar-refractivity contribution is 0.225. The van der Waals surface area contributed by atoms with Gasteiger partial charge in [-0.15, -0.1) is 0 Å². The number of alkyl halides is 1. The summed E-state index contributed by atoms with van der Waals surface area (Å²) in [6, 6.07) is 11.1. The lowest BCUT2D eigenvalue weighted by atomic mass is 9.88. The lowest BCUT2D eigenvalue weighted by Crippen LogP contribution is -2.32. The molecule has 2 aromatic carbocycles. The van der Waals surface area contributed by atoms with E-state index in [0.29, 0.717) is 10.0 Å². The van der Waals surface area contributed by atoms with Crippen molar-refractivity contribution in [2.45, 2.75) is 5.67 Å². The Morgan fingerprint density at radius 1 is 1.16 bits per heavy atom. The second kappa shape index (κ2) is 5.57. The monoisotopic (exact) mass is 345 g/mol. The highest BCUT2D eigenvalue weighted by Gasteiger charge is 2.36. The Morgan fingerprint density at radius 2 is 1.79 bits per heavy atom. The van der Waals surface area contributed by atoms with Crippen LogP contribution in [0.15, 0.2) is 46.9 Å². The fraction of sp³-hybridized carbons (Fsp3) is 0.143. The van der Waals surface area contributed by atoms with Crippen LogP contribution in [-0.2, 0) is 5.67 Å². The van der Waals surface area contributed by atoms with Crippen molar-refractivity contribution >= 4 is 27.5 Å². The SMILES string of the molecule is NCC(F)(c1ccccc1)c1ccc(Br)c(Cl)c1F. The van der Waals surface area contributed by atoms with E-state index in [9.17, 15) is 4.39 Å². The van der Waals surface area contributed by atoms with Gasteiger partial charge in [0.1, 0.15) is 5.82 Å². The van der Waals surface area contributed by atoms with Gasteiger partial charge in [-0.2, -0.15) is 0 Å². The quantitative estimate of drug-likeness (QED) is 0.818. The average molecular weight is 347 g/mol. The normalized spacial score (nSPS) is 14.2. The molecule has 100 valence electrons. The molecule has 2 aromatic rings. The summed E-state index contributed by atoms with van der Waals surface area (Å²) in [6.45, 7) is -0.369. The zero-order valence-electron chi connectivity index (χ0n) is 9.84. The third kappa shape index (κ3) is 2.53. The minimum atomic E-state index is -2.10. The number of hydrogen-bond acceptors (Lipinski definition) is 1. The van der Waals surface area contributed by atoms with Gasteiger partial charge in [-0.05, 0) is 27.6 Å². The predicted octanol–water partition coefficient (Wildman–Crippen LogP) is 4.41. The average Bonchev–Trinajstić information content (AvgIpc) is 2.45. The molecule has 0 spiro atoms. The van der Waals surface area contributed by atoms with E-state index >= 15 is 4.39 Å². The van der Waals surface area contributed by atoms with Crippen LogP contribution in [0.1, 0.15) is 11.1 Å². The van der Waals surface area contributed by atoms with E-state index in [1.807, 2.05) is 0 Å². The van der Waals surface area contributed by atoms with E-state index in [0.717, 1.165) is 0 Å². The summed E-state index contributed by atoms with van der Waals surface area (Å²) >= 11 is 8.90. The molecule has 1 atom stereocenters. The molecule has 0 aliphatic heterocycles. The van der Waals surface area contributed by atoms with Gasteiger partial charge in [0.05, 0.1) is 5.02 Å². The molecule has 1 unspecified atom stereocenters. The van der Waals surface area contributed by atoms with Gasteiger partial charge in [-0.1, -0.05) is 48.0 Å². The van der Waals surface area contributed by atoms with Gasteiger partial charge in [0, 0.05) is 16.6 Å². The molecule has 2 N–H and O–H groups in total. The highest BCUT2D eigenvalue weighted by Crippen LogP contribution is 2.38. The molecular formula is C14H11BrClF2N. The first-order chi connectivity index (χ1) is 9.00. The molecule has 0 radical (unpaired) electrons. The van der Waals surface area contributed by atoms with Gasteiger partial charge < -0.3 is 5.73 Å². The van der Waals surface area contributed by atoms with Crippen molar-refractivity contribution in [1.82, 2.24) is 0 Å². The molecule has 0 saturated carbocycles. The Kier molecular flexibility index (Phi) is 4.23. The summed E-state index contributed by atoms with van der Waals surface area (Å²) in [4.78, 5) is 0. The van der Waals surface area contributed by atoms with Crippen molar-refractivity contribution < 1.29 is 8.78 Å². The third-order valence-corrected chi connectivity index (χ3v) is 4.23. The van der Waals surface area contributed by atoms with E-state index in [2.05, 4.69) is 15.9 Å². The summed E-state index contributed by atoms with van der Waals surface area (Å²) in [5, 5.41) is -0.149. The minimum absolute atomic E-state index is 0.149. The molecule has 0 fully saturated rings. The first-order valence-corrected chi connectivity index (χ1v) is 6.76. The summed E-state index contributed by atoms with van der Waals surface area (Å²) in [5.41, 5.74) is 3.57. The second-order valence-corrected chi connectivity index (χ2v) is 5.33. The maximum atomic E-state index is 15.1. The van der Waals surface area contributed by atoms with Crippen molar-refractivity contribution in [2.24, 2.45) is 5.73 Å². The minimum Gasteiger partial charge on any atom is -0.327 e. The van der Waals surface area contributed by atoms with Gasteiger partial charge in [0.25, 0.3) is 0 Å². The van der Waals surface area contributed by atoms with Crippen molar-refractivity contribution in [3.63, 3.8) is 0 Å². The molecule has 0 amide bonds. The Hall–Kier alpha value is -0.970. The van der Waals surface area contributed by atoms with Crippen LogP contribution in [0.5, 0.6) is 0 Å². The number of benzene rings is 2. The number of hydrogen-bond donors (Lipinski definition) is 1. The second-order valence-electron chi connectivity index (χ2n) is 4.09. The van der Waals surface area contributed by atoms with Gasteiger partial charge in [-0.3, -0.25) is 0 Å². The van der Waals surface area contributed by atoms with Gasteiger partial charge in [0.15, 0.2) is 5.67 Å². The summed E-state index contributed by atoms with van der Waals surface area (Å²) in [7, 11) is 0. The summed E-state index contributed by atoms with van der Waals surface area (Å²) in [6.07, 6.45) is 0. The Bertz CT molecular complexity index is 591. The van der Waals surface area contributed by atoms with Crippen LogP contribution in [0.25, 0.3) is 0 Å². The zero-order valence-corrected chi connectivity index (χ0v) is 12.2. The molecule has 19 heavy (non-hydrogen) atoms. The van der Waals surface area contributed by atoms with Gasteiger partial charge in [0.2, 0.25) is 0 Å². The summed E-state index contributed by atoms with van der Waals surface area (Å²) in [5.74, 6) is -0.798. The molecule has 0 bridgehead atoms. The van der Waals surface area contributed by atoms with E-state index in [4.69, 9.17) is 17.3 Å². The molecule has 0 aliphatic rings. The topological polar surface area (TPSA) is 26.0 Å². The fourth-order valence-corrected chi connectivity index (χ4v) is 2.39. The first kappa shape index (κ1) is 14.4. The third-order valence-electron chi connectivity index (χ3n) is 2.97. The number of nitrogens with two attached hydrogens (primary N) is 1. The maximum Gasteiger partial charge on any atom is 0.176 e. The lowest BCUT2D eigenvalue weighted by Gasteiger charge is -2.25. The van der Waals surface area contributed by atoms with E-state index in [1.165, 1.54) is 12.1 Å². The van der Waals surface area contributed by atoms with Crippen LogP contribution in [-0.4, -0.2) is 6.54 Å². The molecular weight excluding hydrogens is 336 g/mol. The molecule has 1 nitrogen and oxygen atoms in total. The van der Waals surface area contributed by atoms with Crippen LogP contribution in [0.3, 0.4) is 0 Å². The molecule has 2 rings (SSSR count). The highest BCUT2D eigenvalue weighted by molar-refractivity contribution is 9.10. The van der Waals surface area contributed by atoms with E-state index in [1.54, 1.807) is 30.3 Å². The molecule has 0 saturated heterocycles. The van der Waals surface area contributed by atoms with Crippen LogP contribution in [0.4, 0.5) is 8.78 Å². The van der Waals surface area contributed by atoms with Crippen LogP contribution in [0.2, 0.25) is 5.02 Å². The number of rotatable bonds is 3. The molecule has 0 aliphatic carbocycles. The van der Waals surface area contributed by atoms with Gasteiger partial charge in [-0.25, -0.2) is 8.78 Å². The van der Waals surface area contributed by atoms with Crippen LogP contribution < -0.4 is 5.73 Å². The van der Waals surface area contributed by atoms with Crippen molar-refractivity contribution in [2.75, 3.05) is 6.54 Å². The first-order valence-electron chi connectivity index (χ1n) is 5.59. The van der Waals surface area contributed by atoms with Gasteiger partial charge >= 0.3 is 0 Å². The predicted molar refractivity (Wildman–Crippen MR) is 76.5 cm³/mol. The number of halogens is 4. The van der Waals surface area contributed by atoms with Crippen LogP contribution >= 0.6 is 27.5 Å². The molecule has 0 aromatic heterocycles. The van der Waals surface area contributed by atoms with Crippen molar-refractivity contribution in [1.29, 1.82) is 0 Å². The zero-order chi connectivity index (χ0) is 14.0. The van der Waals surface area contributed by atoms with Crippen LogP contribution in [0, 0.1) is 5.82 Å². The molecule has 0 heterocycles. The smallest absolute Gasteiger partial charge is 0.176 e.